The van der Waals surface area contributed by atoms with E-state index in [4.69, 9.17) is 34.8 Å². The molecule has 152 valence electrons. The Hall–Kier alpha value is -1.93. The van der Waals surface area contributed by atoms with Crippen LogP contribution in [0.1, 0.15) is 13.3 Å². The maximum Gasteiger partial charge on any atom is 0.238 e. The summed E-state index contributed by atoms with van der Waals surface area (Å²) in [6.07, 6.45) is 0.0427. The molecule has 1 saturated heterocycles. The third kappa shape index (κ3) is 5.17. The van der Waals surface area contributed by atoms with E-state index < -0.39 is 5.25 Å². The summed E-state index contributed by atoms with van der Waals surface area (Å²) in [5, 5.41) is 12.8. The van der Waals surface area contributed by atoms with Crippen molar-refractivity contribution in [2.45, 2.75) is 18.6 Å². The largest absolute Gasteiger partial charge is 0.505 e. The van der Waals surface area contributed by atoms with E-state index in [1.807, 2.05) is 6.92 Å². The fourth-order valence-electron chi connectivity index (χ4n) is 2.67. The molecule has 1 aliphatic rings. The number of rotatable bonds is 4. The summed E-state index contributed by atoms with van der Waals surface area (Å²) in [6, 6.07) is 9.64. The highest BCUT2D eigenvalue weighted by Gasteiger charge is 2.35. The second-order valence-electron chi connectivity index (χ2n) is 6.10. The Morgan fingerprint density at radius 1 is 1.28 bits per heavy atom. The number of halogens is 3. The molecule has 0 radical (unpaired) electrons. The predicted molar refractivity (Wildman–Crippen MR) is 119 cm³/mol. The maximum atomic E-state index is 12.7. The van der Waals surface area contributed by atoms with Crippen molar-refractivity contribution in [1.29, 1.82) is 0 Å². The van der Waals surface area contributed by atoms with Crippen molar-refractivity contribution in [3.63, 3.8) is 0 Å². The number of carbonyl (C=O) groups excluding carboxylic acids is 2. The number of phenolic OH excluding ortho intramolecular Hbond substituents is 1. The van der Waals surface area contributed by atoms with Crippen LogP contribution in [0, 0.1) is 0 Å². The molecule has 2 N–H and O–H groups in total. The molecule has 2 amide bonds. The molecular formula is C19H16Cl3N3O3S. The molecule has 0 aliphatic carbocycles. The van der Waals surface area contributed by atoms with Crippen LogP contribution in [0.25, 0.3) is 0 Å². The van der Waals surface area contributed by atoms with Gasteiger partial charge in [0.15, 0.2) is 10.9 Å². The minimum absolute atomic E-state index is 0.0427. The van der Waals surface area contributed by atoms with Crippen molar-refractivity contribution >= 4 is 74.9 Å². The summed E-state index contributed by atoms with van der Waals surface area (Å²) >= 11 is 19.0. The quantitative estimate of drug-likeness (QED) is 0.630. The number of nitrogens with zero attached hydrogens (tertiary/aromatic N) is 2. The van der Waals surface area contributed by atoms with Crippen LogP contribution in [0.2, 0.25) is 15.1 Å². The second kappa shape index (κ2) is 9.26. The van der Waals surface area contributed by atoms with Crippen LogP contribution < -0.4 is 5.32 Å². The Bertz CT molecular complexity index is 977. The number of carbonyl (C=O) groups is 2. The van der Waals surface area contributed by atoms with Crippen LogP contribution in [0.3, 0.4) is 0 Å². The van der Waals surface area contributed by atoms with Gasteiger partial charge in [-0.3, -0.25) is 14.5 Å². The van der Waals surface area contributed by atoms with Crippen LogP contribution in [-0.2, 0) is 9.59 Å². The molecule has 0 aromatic heterocycles. The molecule has 1 aliphatic heterocycles. The van der Waals surface area contributed by atoms with E-state index >= 15 is 0 Å². The highest BCUT2D eigenvalue weighted by Crippen LogP contribution is 2.37. The summed E-state index contributed by atoms with van der Waals surface area (Å²) in [5.74, 6) is -0.779. The van der Waals surface area contributed by atoms with Crippen LogP contribution in [0.15, 0.2) is 41.4 Å². The standard InChI is InChI=1S/C19H16Cl3N3O3S/c1-2-25-16(26)9-15(18(28)23-11-5-3-4-10(20)6-11)29-19(25)24-12-7-13(21)17(27)14(22)8-12/h3-8,15,27H,2,9H2,1H3,(H,23,28). The van der Waals surface area contributed by atoms with E-state index in [-0.39, 0.29) is 34.0 Å². The topological polar surface area (TPSA) is 82.0 Å². The fourth-order valence-corrected chi connectivity index (χ4v) is 4.50. The average Bonchev–Trinajstić information content (AvgIpc) is 2.66. The van der Waals surface area contributed by atoms with Gasteiger partial charge >= 0.3 is 0 Å². The zero-order chi connectivity index (χ0) is 21.1. The van der Waals surface area contributed by atoms with Gasteiger partial charge in [0.25, 0.3) is 0 Å². The Morgan fingerprint density at radius 3 is 2.59 bits per heavy atom. The predicted octanol–water partition coefficient (Wildman–Crippen LogP) is 5.33. The van der Waals surface area contributed by atoms with E-state index in [9.17, 15) is 14.7 Å². The van der Waals surface area contributed by atoms with E-state index in [1.54, 1.807) is 24.3 Å². The van der Waals surface area contributed by atoms with Crippen LogP contribution >= 0.6 is 46.6 Å². The Balaban J connectivity index is 1.86. The third-order valence-electron chi connectivity index (χ3n) is 4.07. The van der Waals surface area contributed by atoms with Crippen molar-refractivity contribution < 1.29 is 14.7 Å². The minimum atomic E-state index is -0.661. The highest BCUT2D eigenvalue weighted by molar-refractivity contribution is 8.15. The molecule has 2 aromatic carbocycles. The van der Waals surface area contributed by atoms with Crippen molar-refractivity contribution in [3.05, 3.63) is 51.5 Å². The van der Waals surface area contributed by atoms with Gasteiger partial charge in [0.2, 0.25) is 11.8 Å². The molecular weight excluding hydrogens is 457 g/mol. The van der Waals surface area contributed by atoms with Gasteiger partial charge in [0.05, 0.1) is 15.7 Å². The van der Waals surface area contributed by atoms with Gasteiger partial charge in [-0.25, -0.2) is 4.99 Å². The number of aliphatic imine (C=N–C) groups is 1. The van der Waals surface area contributed by atoms with Crippen LogP contribution in [0.4, 0.5) is 11.4 Å². The number of nitrogens with one attached hydrogen (secondary N) is 1. The van der Waals surface area contributed by atoms with Crippen molar-refractivity contribution in [2.75, 3.05) is 11.9 Å². The molecule has 3 rings (SSSR count). The lowest BCUT2D eigenvalue weighted by Gasteiger charge is -2.31. The molecule has 0 spiro atoms. The fraction of sp³-hybridized carbons (Fsp3) is 0.211. The summed E-state index contributed by atoms with van der Waals surface area (Å²) in [6.45, 7) is 2.21. The van der Waals surface area contributed by atoms with Gasteiger partial charge in [-0.05, 0) is 37.3 Å². The zero-order valence-corrected chi connectivity index (χ0v) is 18.2. The van der Waals surface area contributed by atoms with Crippen molar-refractivity contribution in [3.8, 4) is 5.75 Å². The van der Waals surface area contributed by atoms with Crippen LogP contribution in [-0.4, -0.2) is 38.8 Å². The van der Waals surface area contributed by atoms with E-state index in [0.717, 1.165) is 0 Å². The van der Waals surface area contributed by atoms with Gasteiger partial charge in [0.1, 0.15) is 5.25 Å². The SMILES string of the molecule is CCN1C(=O)CC(C(=O)Nc2cccc(Cl)c2)SC1=Nc1cc(Cl)c(O)c(Cl)c1. The molecule has 29 heavy (non-hydrogen) atoms. The molecule has 1 unspecified atom stereocenters. The number of hydrogen-bond donors (Lipinski definition) is 2. The average molecular weight is 473 g/mol. The number of amides is 2. The highest BCUT2D eigenvalue weighted by atomic mass is 35.5. The first-order valence-corrected chi connectivity index (χ1v) is 10.6. The van der Waals surface area contributed by atoms with Crippen LogP contribution in [0.5, 0.6) is 5.75 Å². The van der Waals surface area contributed by atoms with E-state index in [2.05, 4.69) is 10.3 Å². The minimum Gasteiger partial charge on any atom is -0.505 e. The number of aromatic hydroxyl groups is 1. The number of hydrogen-bond acceptors (Lipinski definition) is 5. The first-order valence-electron chi connectivity index (χ1n) is 8.58. The molecule has 1 atom stereocenters. The lowest BCUT2D eigenvalue weighted by molar-refractivity contribution is -0.129. The molecule has 1 fully saturated rings. The first kappa shape index (κ1) is 21.8. The summed E-state index contributed by atoms with van der Waals surface area (Å²) in [4.78, 5) is 31.2. The van der Waals surface area contributed by atoms with Gasteiger partial charge in [-0.1, -0.05) is 52.6 Å². The Labute approximate surface area is 186 Å². The lowest BCUT2D eigenvalue weighted by atomic mass is 10.2. The third-order valence-corrected chi connectivity index (χ3v) is 6.07. The molecule has 1 heterocycles. The summed E-state index contributed by atoms with van der Waals surface area (Å²) in [5.41, 5.74) is 0.909. The summed E-state index contributed by atoms with van der Waals surface area (Å²) < 4.78 is 0. The molecule has 10 heteroatoms. The number of amidine groups is 1. The van der Waals surface area contributed by atoms with Crippen molar-refractivity contribution in [1.82, 2.24) is 4.90 Å². The smallest absolute Gasteiger partial charge is 0.238 e. The van der Waals surface area contributed by atoms with Gasteiger partial charge < -0.3 is 10.4 Å². The van der Waals surface area contributed by atoms with Crippen molar-refractivity contribution in [2.24, 2.45) is 4.99 Å². The first-order chi connectivity index (χ1) is 13.8. The molecule has 0 saturated carbocycles. The maximum absolute atomic E-state index is 12.7. The van der Waals surface area contributed by atoms with Gasteiger partial charge in [0, 0.05) is 23.7 Å². The Morgan fingerprint density at radius 2 is 1.97 bits per heavy atom. The van der Waals surface area contributed by atoms with Gasteiger partial charge in [-0.2, -0.15) is 0 Å². The van der Waals surface area contributed by atoms with E-state index in [0.29, 0.717) is 28.1 Å². The number of anilines is 1. The molecule has 0 bridgehead atoms. The second-order valence-corrected chi connectivity index (χ2v) is 8.52. The van der Waals surface area contributed by atoms with Gasteiger partial charge in [-0.15, -0.1) is 0 Å². The number of benzene rings is 2. The van der Waals surface area contributed by atoms with E-state index in [1.165, 1.54) is 28.8 Å². The molecule has 2 aromatic rings. The number of thioether (sulfide) groups is 1. The number of phenols is 1. The monoisotopic (exact) mass is 471 g/mol. The normalized spacial score (nSPS) is 18.2. The Kier molecular flexibility index (Phi) is 6.95. The molecule has 6 nitrogen and oxygen atoms in total. The summed E-state index contributed by atoms with van der Waals surface area (Å²) in [7, 11) is 0. The lowest BCUT2D eigenvalue weighted by Crippen LogP contribution is -2.45. The zero-order valence-electron chi connectivity index (χ0n) is 15.2.